The average molecular weight is 175 g/mol. The zero-order valence-electron chi connectivity index (χ0n) is 6.95. The molecule has 5 heteroatoms. The first kappa shape index (κ1) is 10.9. The van der Waals surface area contributed by atoms with E-state index in [4.69, 9.17) is 10.8 Å². The van der Waals surface area contributed by atoms with Crippen LogP contribution in [0.5, 0.6) is 0 Å². The molecule has 3 N–H and O–H groups in total. The molecule has 0 saturated carbocycles. The number of hydrogen-bond donors (Lipinski definition) is 2. The quantitative estimate of drug-likeness (QED) is 0.562. The Morgan fingerprint density at radius 3 is 2.58 bits per heavy atom. The lowest BCUT2D eigenvalue weighted by atomic mass is 10.2. The molecule has 0 heterocycles. The maximum atomic E-state index is 10.7. The number of rotatable bonds is 5. The predicted octanol–water partition coefficient (Wildman–Crippen LogP) is -0.258. The molecule has 0 fully saturated rings. The van der Waals surface area contributed by atoms with E-state index in [1.165, 1.54) is 0 Å². The molecule has 0 aromatic carbocycles. The zero-order chi connectivity index (χ0) is 9.56. The second-order valence-electron chi connectivity index (χ2n) is 2.29. The zero-order valence-corrected chi connectivity index (χ0v) is 6.95. The fourth-order valence-electron chi connectivity index (χ4n) is 0.630. The molecule has 1 atom stereocenters. The third kappa shape index (κ3) is 4.68. The third-order valence-electron chi connectivity index (χ3n) is 1.28. The lowest BCUT2D eigenvalue weighted by Crippen LogP contribution is -2.30. The molecule has 0 aromatic heterocycles. The van der Waals surface area contributed by atoms with Crippen LogP contribution in [0, 0.1) is 0 Å². The monoisotopic (exact) mass is 175 g/mol. The molecule has 0 aliphatic carbocycles. The minimum Gasteiger partial charge on any atom is -0.480 e. The highest BCUT2D eigenvalue weighted by Gasteiger charge is 2.13. The van der Waals surface area contributed by atoms with E-state index in [1.54, 1.807) is 6.92 Å². The highest BCUT2D eigenvalue weighted by molar-refractivity contribution is 5.75. The van der Waals surface area contributed by atoms with Crippen LogP contribution in [0.2, 0.25) is 0 Å². The maximum Gasteiger partial charge on any atom is 0.320 e. The van der Waals surface area contributed by atoms with E-state index in [2.05, 4.69) is 4.74 Å². The molecule has 0 rings (SSSR count). The Morgan fingerprint density at radius 1 is 1.58 bits per heavy atom. The number of carbonyl (C=O) groups excluding carboxylic acids is 1. The van der Waals surface area contributed by atoms with Crippen molar-refractivity contribution in [1.82, 2.24) is 0 Å². The number of carboxylic acids is 1. The van der Waals surface area contributed by atoms with Crippen LogP contribution >= 0.6 is 0 Å². The Balaban J connectivity index is 3.54. The van der Waals surface area contributed by atoms with Gasteiger partial charge in [0.05, 0.1) is 6.61 Å². The minimum atomic E-state index is -1.10. The third-order valence-corrected chi connectivity index (χ3v) is 1.28. The Labute approximate surface area is 70.5 Å². The summed E-state index contributed by atoms with van der Waals surface area (Å²) in [6, 6.07) is -0.977. The van der Waals surface area contributed by atoms with E-state index >= 15 is 0 Å². The molecule has 0 aromatic rings. The fraction of sp³-hybridized carbons (Fsp3) is 0.714. The highest BCUT2D eigenvalue weighted by atomic mass is 16.5. The second-order valence-corrected chi connectivity index (χ2v) is 2.29. The summed E-state index contributed by atoms with van der Waals surface area (Å²) in [5.74, 6) is -1.51. The van der Waals surface area contributed by atoms with Crippen molar-refractivity contribution < 1.29 is 19.4 Å². The lowest BCUT2D eigenvalue weighted by molar-refractivity contribution is -0.143. The minimum absolute atomic E-state index is 0.0569. The Morgan fingerprint density at radius 2 is 2.17 bits per heavy atom. The summed E-state index contributed by atoms with van der Waals surface area (Å²) in [7, 11) is 0. The van der Waals surface area contributed by atoms with Crippen LogP contribution in [0.3, 0.4) is 0 Å². The molecule has 0 aliphatic rings. The first-order valence-electron chi connectivity index (χ1n) is 3.72. The molecule has 12 heavy (non-hydrogen) atoms. The van der Waals surface area contributed by atoms with Gasteiger partial charge in [0.25, 0.3) is 0 Å². The number of esters is 1. The summed E-state index contributed by atoms with van der Waals surface area (Å²) in [4.78, 5) is 20.9. The van der Waals surface area contributed by atoms with E-state index in [1.807, 2.05) is 0 Å². The summed E-state index contributed by atoms with van der Waals surface area (Å²) >= 11 is 0. The van der Waals surface area contributed by atoms with Crippen LogP contribution in [0.1, 0.15) is 19.8 Å². The largest absolute Gasteiger partial charge is 0.480 e. The van der Waals surface area contributed by atoms with Gasteiger partial charge in [0, 0.05) is 6.42 Å². The molecule has 70 valence electrons. The van der Waals surface area contributed by atoms with Crippen LogP contribution < -0.4 is 5.73 Å². The summed E-state index contributed by atoms with van der Waals surface area (Å²) < 4.78 is 4.58. The van der Waals surface area contributed by atoms with Crippen molar-refractivity contribution in [3.63, 3.8) is 0 Å². The first-order valence-corrected chi connectivity index (χ1v) is 3.72. The standard InChI is InChI=1S/C7H13NO4/c1-2-12-6(9)4-3-5(8)7(10)11/h5H,2-4,8H2,1H3,(H,10,11). The number of aliphatic carboxylic acids is 1. The number of hydrogen-bond acceptors (Lipinski definition) is 4. The Bertz CT molecular complexity index is 169. The number of carboxylic acid groups (broad SMARTS) is 1. The molecule has 0 bridgehead atoms. The van der Waals surface area contributed by atoms with Gasteiger partial charge in [-0.05, 0) is 13.3 Å². The van der Waals surface area contributed by atoms with Gasteiger partial charge in [0.1, 0.15) is 6.04 Å². The van der Waals surface area contributed by atoms with E-state index in [-0.39, 0.29) is 12.8 Å². The van der Waals surface area contributed by atoms with Crippen molar-refractivity contribution >= 4 is 11.9 Å². The van der Waals surface area contributed by atoms with E-state index in [0.717, 1.165) is 0 Å². The number of carbonyl (C=O) groups is 2. The Hall–Kier alpha value is -1.10. The van der Waals surface area contributed by atoms with Gasteiger partial charge >= 0.3 is 11.9 Å². The van der Waals surface area contributed by atoms with Gasteiger partial charge < -0.3 is 15.6 Å². The SMILES string of the molecule is CCOC(=O)CCC(N)C(=O)O. The summed E-state index contributed by atoms with van der Waals surface area (Å²) in [6.07, 6.45) is 0.176. The van der Waals surface area contributed by atoms with Gasteiger partial charge in [-0.1, -0.05) is 0 Å². The van der Waals surface area contributed by atoms with Gasteiger partial charge in [-0.2, -0.15) is 0 Å². The normalized spacial score (nSPS) is 12.2. The van der Waals surface area contributed by atoms with Gasteiger partial charge in [-0.25, -0.2) is 0 Å². The molecule has 0 radical (unpaired) electrons. The average Bonchev–Trinajstić information content (AvgIpc) is 2.00. The van der Waals surface area contributed by atoms with Gasteiger partial charge in [-0.15, -0.1) is 0 Å². The fourth-order valence-corrected chi connectivity index (χ4v) is 0.630. The molecule has 5 nitrogen and oxygen atoms in total. The maximum absolute atomic E-state index is 10.7. The van der Waals surface area contributed by atoms with Crippen molar-refractivity contribution in [2.75, 3.05) is 6.61 Å². The van der Waals surface area contributed by atoms with Gasteiger partial charge in [0.15, 0.2) is 0 Å². The molecule has 1 unspecified atom stereocenters. The molecule has 0 saturated heterocycles. The van der Waals surface area contributed by atoms with Crippen LogP contribution in [0.15, 0.2) is 0 Å². The van der Waals surface area contributed by atoms with Crippen molar-refractivity contribution in [2.45, 2.75) is 25.8 Å². The summed E-state index contributed by atoms with van der Waals surface area (Å²) in [6.45, 7) is 2.00. The van der Waals surface area contributed by atoms with E-state index in [0.29, 0.717) is 6.61 Å². The molecule has 0 amide bonds. The van der Waals surface area contributed by atoms with Crippen LogP contribution in [0.4, 0.5) is 0 Å². The number of ether oxygens (including phenoxy) is 1. The summed E-state index contributed by atoms with van der Waals surface area (Å²) in [5.41, 5.74) is 5.15. The Kier molecular flexibility index (Phi) is 5.03. The second kappa shape index (κ2) is 5.54. The lowest BCUT2D eigenvalue weighted by Gasteiger charge is -2.04. The van der Waals surface area contributed by atoms with Crippen molar-refractivity contribution in [1.29, 1.82) is 0 Å². The van der Waals surface area contributed by atoms with Crippen molar-refractivity contribution in [2.24, 2.45) is 5.73 Å². The smallest absolute Gasteiger partial charge is 0.320 e. The van der Waals surface area contributed by atoms with Crippen LogP contribution in [0.25, 0.3) is 0 Å². The first-order chi connectivity index (χ1) is 5.57. The highest BCUT2D eigenvalue weighted by Crippen LogP contribution is 1.96. The van der Waals surface area contributed by atoms with Gasteiger partial charge in [0.2, 0.25) is 0 Å². The molecular formula is C7H13NO4. The van der Waals surface area contributed by atoms with E-state index in [9.17, 15) is 9.59 Å². The molecule has 0 aliphatic heterocycles. The molecule has 0 spiro atoms. The van der Waals surface area contributed by atoms with Crippen molar-refractivity contribution in [3.05, 3.63) is 0 Å². The van der Waals surface area contributed by atoms with E-state index < -0.39 is 18.0 Å². The van der Waals surface area contributed by atoms with Crippen LogP contribution in [-0.2, 0) is 14.3 Å². The van der Waals surface area contributed by atoms with Crippen LogP contribution in [-0.4, -0.2) is 29.7 Å². The number of nitrogens with two attached hydrogens (primary N) is 1. The molecular weight excluding hydrogens is 162 g/mol. The summed E-state index contributed by atoms with van der Waals surface area (Å²) in [5, 5.41) is 8.35. The predicted molar refractivity (Wildman–Crippen MR) is 41.5 cm³/mol. The topological polar surface area (TPSA) is 89.6 Å². The van der Waals surface area contributed by atoms with Crippen molar-refractivity contribution in [3.8, 4) is 0 Å². The van der Waals surface area contributed by atoms with Gasteiger partial charge in [-0.3, -0.25) is 9.59 Å².